The van der Waals surface area contributed by atoms with Crippen LogP contribution in [-0.4, -0.2) is 36.9 Å². The highest BCUT2D eigenvalue weighted by Crippen LogP contribution is 2.33. The van der Waals surface area contributed by atoms with Crippen molar-refractivity contribution in [3.05, 3.63) is 35.1 Å². The van der Waals surface area contributed by atoms with Crippen molar-refractivity contribution in [2.45, 2.75) is 59.3 Å². The summed E-state index contributed by atoms with van der Waals surface area (Å²) in [5.41, 5.74) is 4.78. The zero-order chi connectivity index (χ0) is 21.6. The molecule has 0 aromatic heterocycles. The Morgan fingerprint density at radius 2 is 1.90 bits per heavy atom. The van der Waals surface area contributed by atoms with E-state index in [1.54, 1.807) is 26.2 Å². The van der Waals surface area contributed by atoms with Crippen LogP contribution in [0.25, 0.3) is 5.76 Å². The van der Waals surface area contributed by atoms with E-state index in [1.165, 1.54) is 12.8 Å². The average molecular weight is 411 g/mol. The highest BCUT2D eigenvalue weighted by atomic mass is 17.4. The lowest BCUT2D eigenvalue weighted by molar-refractivity contribution is -0.387. The number of nitrogens with zero attached hydrogens (tertiary/aromatic N) is 1. The van der Waals surface area contributed by atoms with E-state index in [4.69, 9.17) is 24.6 Å². The van der Waals surface area contributed by atoms with Crippen molar-refractivity contribution in [2.75, 3.05) is 20.8 Å². The lowest BCUT2D eigenvalue weighted by Gasteiger charge is -2.19. The second kappa shape index (κ2) is 13.7. The molecule has 0 saturated carbocycles. The second-order valence-corrected chi connectivity index (χ2v) is 6.40. The van der Waals surface area contributed by atoms with Gasteiger partial charge in [-0.2, -0.15) is 5.06 Å². The number of carboxylic acids is 1. The molecule has 1 fully saturated rings. The molecule has 0 bridgehead atoms. The van der Waals surface area contributed by atoms with Gasteiger partial charge in [-0.3, -0.25) is 4.79 Å². The molecule has 1 aromatic rings. The number of methoxy groups -OCH3 is 2. The highest BCUT2D eigenvalue weighted by molar-refractivity contribution is 5.69. The summed E-state index contributed by atoms with van der Waals surface area (Å²) in [5.74, 6) is 1.35. The molecule has 2 rings (SSSR count). The Morgan fingerprint density at radius 3 is 2.45 bits per heavy atom. The smallest absolute Gasteiger partial charge is 0.303 e. The van der Waals surface area contributed by atoms with Crippen LogP contribution in [0.15, 0.2) is 24.0 Å². The molecule has 8 heteroatoms. The van der Waals surface area contributed by atoms with Crippen LogP contribution in [0.3, 0.4) is 0 Å². The predicted molar refractivity (Wildman–Crippen MR) is 110 cm³/mol. The summed E-state index contributed by atoms with van der Waals surface area (Å²) < 4.78 is 11.3. The lowest BCUT2D eigenvalue weighted by Crippen LogP contribution is -2.22. The van der Waals surface area contributed by atoms with Gasteiger partial charge in [0.05, 0.1) is 26.3 Å². The molecule has 2 N–H and O–H groups in total. The number of hydroxylamine groups is 3. The largest absolute Gasteiger partial charge is 0.496 e. The van der Waals surface area contributed by atoms with E-state index in [0.29, 0.717) is 11.6 Å². The average Bonchev–Trinajstić information content (AvgIpc) is 3.20. The quantitative estimate of drug-likeness (QED) is 0.336. The third kappa shape index (κ3) is 7.47. The van der Waals surface area contributed by atoms with Crippen molar-refractivity contribution in [2.24, 2.45) is 0 Å². The number of benzene rings is 1. The number of nitrogens with one attached hydrogen (secondary N) is 1. The molecule has 1 aliphatic heterocycles. The molecule has 0 atom stereocenters. The Kier molecular flexibility index (Phi) is 11.6. The first-order valence-corrected chi connectivity index (χ1v) is 10.1. The minimum absolute atomic E-state index is 0.222. The molecule has 1 aromatic carbocycles. The van der Waals surface area contributed by atoms with Gasteiger partial charge in [-0.25, -0.2) is 5.48 Å². The molecule has 164 valence electrons. The van der Waals surface area contributed by atoms with Gasteiger partial charge < -0.3 is 14.6 Å². The number of ether oxygens (including phenoxy) is 2. The minimum atomic E-state index is -0.745. The molecule has 1 saturated heterocycles. The van der Waals surface area contributed by atoms with E-state index in [2.05, 4.69) is 25.4 Å². The van der Waals surface area contributed by atoms with Crippen molar-refractivity contribution in [3.8, 4) is 5.75 Å². The summed E-state index contributed by atoms with van der Waals surface area (Å²) in [6.45, 7) is 6.62. The number of carboxylic acid groups (broad SMARTS) is 1. The normalized spacial score (nSPS) is 14.6. The summed E-state index contributed by atoms with van der Waals surface area (Å²) in [4.78, 5) is 19.6. The van der Waals surface area contributed by atoms with Gasteiger partial charge in [0.25, 0.3) is 0 Å². The first kappa shape index (κ1) is 24.6. The van der Waals surface area contributed by atoms with Gasteiger partial charge in [0.2, 0.25) is 0 Å². The van der Waals surface area contributed by atoms with Crippen LogP contribution in [0.4, 0.5) is 0 Å². The number of aliphatic carboxylic acids is 1. The van der Waals surface area contributed by atoms with Crippen molar-refractivity contribution < 1.29 is 29.4 Å². The molecule has 1 heterocycles. The first-order chi connectivity index (χ1) is 14.0. The van der Waals surface area contributed by atoms with Crippen molar-refractivity contribution in [1.29, 1.82) is 0 Å². The van der Waals surface area contributed by atoms with Crippen molar-refractivity contribution >= 4 is 11.7 Å². The number of rotatable bonds is 10. The lowest BCUT2D eigenvalue weighted by atomic mass is 10.0. The number of para-hydroxylation sites is 1. The van der Waals surface area contributed by atoms with Gasteiger partial charge in [-0.05, 0) is 24.5 Å². The maximum atomic E-state index is 9.37. The zero-order valence-electron chi connectivity index (χ0n) is 18.1. The van der Waals surface area contributed by atoms with E-state index < -0.39 is 5.97 Å². The van der Waals surface area contributed by atoms with Gasteiger partial charge in [-0.1, -0.05) is 62.1 Å². The van der Waals surface area contributed by atoms with Gasteiger partial charge in [0.15, 0.2) is 11.6 Å². The number of unbranched alkanes of at least 4 members (excludes halogenated alkanes) is 3. The van der Waals surface area contributed by atoms with Crippen molar-refractivity contribution in [3.63, 3.8) is 0 Å². The molecule has 8 nitrogen and oxygen atoms in total. The van der Waals surface area contributed by atoms with Gasteiger partial charge in [0.1, 0.15) is 5.75 Å². The van der Waals surface area contributed by atoms with E-state index >= 15 is 0 Å². The van der Waals surface area contributed by atoms with Crippen LogP contribution in [-0.2, 0) is 25.9 Å². The van der Waals surface area contributed by atoms with Crippen LogP contribution in [0.5, 0.6) is 5.75 Å². The molecule has 29 heavy (non-hydrogen) atoms. The van der Waals surface area contributed by atoms with Gasteiger partial charge >= 0.3 is 5.97 Å². The number of aryl methyl sites for hydroxylation is 1. The van der Waals surface area contributed by atoms with Crippen LogP contribution in [0, 0.1) is 0 Å². The maximum absolute atomic E-state index is 9.37. The topological polar surface area (TPSA) is 89.5 Å². The Bertz CT molecular complexity index is 663. The predicted octanol–water partition coefficient (Wildman–Crippen LogP) is 4.27. The Labute approximate surface area is 173 Å². The SMILES string of the molecule is CCC(=O)O.CCCCCCN1OONC1=C(OC)c1cccc(CC)c1OC. The summed E-state index contributed by atoms with van der Waals surface area (Å²) in [7, 11) is 3.31. The molecular formula is C21H34N2O6. The Hall–Kier alpha value is -2.45. The van der Waals surface area contributed by atoms with Crippen LogP contribution < -0.4 is 10.2 Å². The molecule has 0 amide bonds. The fourth-order valence-corrected chi connectivity index (χ4v) is 2.80. The zero-order valence-corrected chi connectivity index (χ0v) is 18.1. The summed E-state index contributed by atoms with van der Waals surface area (Å²) in [6.07, 6.45) is 5.68. The fraction of sp³-hybridized carbons (Fsp3) is 0.571. The maximum Gasteiger partial charge on any atom is 0.303 e. The van der Waals surface area contributed by atoms with Crippen LogP contribution in [0.2, 0.25) is 0 Å². The molecular weight excluding hydrogens is 376 g/mol. The van der Waals surface area contributed by atoms with Gasteiger partial charge in [0, 0.05) is 6.42 Å². The summed E-state index contributed by atoms with van der Waals surface area (Å²) in [6, 6.07) is 6.02. The molecule has 0 radical (unpaired) electrons. The summed E-state index contributed by atoms with van der Waals surface area (Å²) >= 11 is 0. The van der Waals surface area contributed by atoms with Crippen molar-refractivity contribution in [1.82, 2.24) is 10.5 Å². The summed E-state index contributed by atoms with van der Waals surface area (Å²) in [5, 5.41) is 9.41. The number of hydrogen-bond acceptors (Lipinski definition) is 7. The van der Waals surface area contributed by atoms with E-state index in [0.717, 1.165) is 42.7 Å². The fourth-order valence-electron chi connectivity index (χ4n) is 2.80. The van der Waals surface area contributed by atoms with E-state index in [1.807, 2.05) is 12.1 Å². The number of hydrogen-bond donors (Lipinski definition) is 2. The van der Waals surface area contributed by atoms with E-state index in [-0.39, 0.29) is 6.42 Å². The van der Waals surface area contributed by atoms with Crippen LogP contribution >= 0.6 is 0 Å². The van der Waals surface area contributed by atoms with Gasteiger partial charge in [-0.15, -0.1) is 0 Å². The first-order valence-electron chi connectivity index (χ1n) is 10.1. The number of carbonyl (C=O) groups is 1. The monoisotopic (exact) mass is 410 g/mol. The highest BCUT2D eigenvalue weighted by Gasteiger charge is 2.27. The standard InChI is InChI=1S/C18H28N2O4.C3H6O2/c1-5-7-8-9-13-20-18(19-23-24-20)17(22-4)15-12-10-11-14(6-2)16(15)21-3;1-2-3(4)5/h10-12,19H,5-9,13H2,1-4H3;2H2,1H3,(H,4,5). The second-order valence-electron chi connectivity index (χ2n) is 6.40. The Morgan fingerprint density at radius 1 is 1.17 bits per heavy atom. The van der Waals surface area contributed by atoms with E-state index in [9.17, 15) is 4.79 Å². The molecule has 1 aliphatic rings. The molecule has 0 aliphatic carbocycles. The third-order valence-electron chi connectivity index (χ3n) is 4.38. The molecule has 0 spiro atoms. The Balaban J connectivity index is 0.000000749. The minimum Gasteiger partial charge on any atom is -0.496 e. The third-order valence-corrected chi connectivity index (χ3v) is 4.38. The van der Waals surface area contributed by atoms with Crippen LogP contribution in [0.1, 0.15) is 64.0 Å². The molecule has 0 unspecified atom stereocenters.